The van der Waals surface area contributed by atoms with Crippen LogP contribution in [-0.4, -0.2) is 83.9 Å². The lowest BCUT2D eigenvalue weighted by Gasteiger charge is -2.26. The van der Waals surface area contributed by atoms with Crippen LogP contribution < -0.4 is 15.5 Å². The molecule has 1 saturated heterocycles. The van der Waals surface area contributed by atoms with E-state index in [0.717, 1.165) is 38.5 Å². The van der Waals surface area contributed by atoms with Crippen LogP contribution in [0.3, 0.4) is 0 Å². The van der Waals surface area contributed by atoms with Crippen molar-refractivity contribution in [1.29, 1.82) is 0 Å². The predicted octanol–water partition coefficient (Wildman–Crippen LogP) is 0.400. The highest BCUT2D eigenvalue weighted by atomic mass is 16.5. The van der Waals surface area contributed by atoms with Gasteiger partial charge < -0.3 is 25.0 Å². The lowest BCUT2D eigenvalue weighted by Crippen LogP contribution is -2.41. The number of morpholine rings is 1. The lowest BCUT2D eigenvalue weighted by atomic mass is 10.1. The third-order valence-electron chi connectivity index (χ3n) is 4.10. The van der Waals surface area contributed by atoms with Gasteiger partial charge in [0.05, 0.1) is 18.8 Å². The van der Waals surface area contributed by atoms with Crippen molar-refractivity contribution >= 4 is 23.2 Å². The number of hydrogen-bond acceptors (Lipinski definition) is 6. The average Bonchev–Trinajstić information content (AvgIpc) is 2.62. The van der Waals surface area contributed by atoms with Crippen LogP contribution in [0.2, 0.25) is 0 Å². The van der Waals surface area contributed by atoms with E-state index in [1.54, 1.807) is 12.1 Å². The van der Waals surface area contributed by atoms with Crippen molar-refractivity contribution in [2.45, 2.75) is 0 Å². The van der Waals surface area contributed by atoms with Crippen LogP contribution in [0.4, 0.5) is 11.4 Å². The summed E-state index contributed by atoms with van der Waals surface area (Å²) in [6, 6.07) is 5.28. The van der Waals surface area contributed by atoms with Gasteiger partial charge in [0, 0.05) is 58.8 Å². The number of carbonyl (C=O) groups excluding carboxylic acids is 2. The molecule has 8 nitrogen and oxygen atoms in total. The molecule has 0 bridgehead atoms. The maximum Gasteiger partial charge on any atom is 0.253 e. The molecule has 0 aliphatic carbocycles. The monoisotopic (exact) mass is 364 g/mol. The fourth-order valence-corrected chi connectivity index (χ4v) is 2.76. The van der Waals surface area contributed by atoms with Gasteiger partial charge >= 0.3 is 0 Å². The van der Waals surface area contributed by atoms with E-state index in [2.05, 4.69) is 15.5 Å². The highest BCUT2D eigenvalue weighted by molar-refractivity contribution is 6.02. The predicted molar refractivity (Wildman–Crippen MR) is 101 cm³/mol. The molecule has 1 aromatic rings. The Kier molecular flexibility index (Phi) is 7.83. The number of carbonyl (C=O) groups is 2. The zero-order chi connectivity index (χ0) is 18.9. The Labute approximate surface area is 154 Å². The van der Waals surface area contributed by atoms with E-state index in [1.807, 2.05) is 25.1 Å². The third-order valence-corrected chi connectivity index (χ3v) is 4.10. The summed E-state index contributed by atoms with van der Waals surface area (Å²) in [5.41, 5.74) is 1.88. The van der Waals surface area contributed by atoms with Crippen LogP contribution in [0.1, 0.15) is 10.4 Å². The van der Waals surface area contributed by atoms with Crippen molar-refractivity contribution in [3.8, 4) is 0 Å². The van der Waals surface area contributed by atoms with E-state index in [4.69, 9.17) is 9.47 Å². The fraction of sp³-hybridized carbons (Fsp3) is 0.556. The van der Waals surface area contributed by atoms with E-state index >= 15 is 0 Å². The number of hydrogen-bond donors (Lipinski definition) is 2. The molecule has 144 valence electrons. The zero-order valence-electron chi connectivity index (χ0n) is 15.7. The molecule has 2 N–H and O–H groups in total. The first-order valence-electron chi connectivity index (χ1n) is 8.69. The number of methoxy groups -OCH3 is 1. The second-order valence-corrected chi connectivity index (χ2v) is 6.32. The van der Waals surface area contributed by atoms with Crippen molar-refractivity contribution in [3.05, 3.63) is 23.8 Å². The summed E-state index contributed by atoms with van der Waals surface area (Å²) in [6.45, 7) is 4.57. The van der Waals surface area contributed by atoms with Crippen LogP contribution in [-0.2, 0) is 14.3 Å². The van der Waals surface area contributed by atoms with Gasteiger partial charge in [0.2, 0.25) is 5.91 Å². The molecule has 0 radical (unpaired) electrons. The topological polar surface area (TPSA) is 83.1 Å². The molecule has 1 aliphatic heterocycles. The van der Waals surface area contributed by atoms with Gasteiger partial charge in [0.15, 0.2) is 0 Å². The van der Waals surface area contributed by atoms with Crippen molar-refractivity contribution in [3.63, 3.8) is 0 Å². The molecule has 0 spiro atoms. The maximum absolute atomic E-state index is 12.7. The first-order chi connectivity index (χ1) is 12.5. The molecule has 0 unspecified atom stereocenters. The minimum atomic E-state index is -0.260. The molecule has 1 aliphatic rings. The van der Waals surface area contributed by atoms with Crippen LogP contribution >= 0.6 is 0 Å². The third kappa shape index (κ3) is 5.98. The summed E-state index contributed by atoms with van der Waals surface area (Å²) in [7, 11) is 5.22. The van der Waals surface area contributed by atoms with Gasteiger partial charge in [-0.3, -0.25) is 14.5 Å². The summed E-state index contributed by atoms with van der Waals surface area (Å²) in [5.74, 6) is -0.423. The lowest BCUT2D eigenvalue weighted by molar-refractivity contribution is -0.119. The SMILES string of the molecule is COCC(=O)Nc1ccc(N(C)C)c(C(=O)NCCN2CCOCC2)c1. The Hall–Kier alpha value is -2.16. The normalized spacial score (nSPS) is 14.7. The number of rotatable bonds is 8. The van der Waals surface area contributed by atoms with E-state index in [1.165, 1.54) is 7.11 Å². The number of benzene rings is 1. The second-order valence-electron chi connectivity index (χ2n) is 6.32. The Morgan fingerprint density at radius 1 is 1.27 bits per heavy atom. The molecule has 0 aromatic heterocycles. The van der Waals surface area contributed by atoms with Crippen LogP contribution in [0.5, 0.6) is 0 Å². The summed E-state index contributed by atoms with van der Waals surface area (Å²) >= 11 is 0. The summed E-state index contributed by atoms with van der Waals surface area (Å²) < 4.78 is 10.1. The summed E-state index contributed by atoms with van der Waals surface area (Å²) in [4.78, 5) is 28.5. The number of nitrogens with zero attached hydrogens (tertiary/aromatic N) is 2. The highest BCUT2D eigenvalue weighted by Gasteiger charge is 2.16. The van der Waals surface area contributed by atoms with Crippen molar-refractivity contribution in [2.24, 2.45) is 0 Å². The standard InChI is InChI=1S/C18H28N4O4/c1-21(2)16-5-4-14(20-17(23)13-25-3)12-15(16)18(24)19-6-7-22-8-10-26-11-9-22/h4-5,12H,6-11,13H2,1-3H3,(H,19,24)(H,20,23). The highest BCUT2D eigenvalue weighted by Crippen LogP contribution is 2.23. The summed E-state index contributed by atoms with van der Waals surface area (Å²) in [5, 5.41) is 5.69. The molecular weight excluding hydrogens is 336 g/mol. The van der Waals surface area contributed by atoms with Crippen molar-refractivity contribution in [1.82, 2.24) is 10.2 Å². The van der Waals surface area contributed by atoms with Gasteiger partial charge in [-0.25, -0.2) is 0 Å². The zero-order valence-corrected chi connectivity index (χ0v) is 15.7. The first-order valence-corrected chi connectivity index (χ1v) is 8.69. The van der Waals surface area contributed by atoms with Crippen LogP contribution in [0, 0.1) is 0 Å². The number of nitrogens with one attached hydrogen (secondary N) is 2. The molecule has 1 fully saturated rings. The van der Waals surface area contributed by atoms with E-state index in [0.29, 0.717) is 17.8 Å². The van der Waals surface area contributed by atoms with Crippen molar-refractivity contribution < 1.29 is 19.1 Å². The molecule has 0 atom stereocenters. The molecule has 8 heteroatoms. The Morgan fingerprint density at radius 3 is 2.65 bits per heavy atom. The minimum Gasteiger partial charge on any atom is -0.379 e. The second kappa shape index (κ2) is 10.1. The van der Waals surface area contributed by atoms with Crippen LogP contribution in [0.25, 0.3) is 0 Å². The Morgan fingerprint density at radius 2 is 2.00 bits per heavy atom. The van der Waals surface area contributed by atoms with Gasteiger partial charge in [0.25, 0.3) is 5.91 Å². The van der Waals surface area contributed by atoms with E-state index in [-0.39, 0.29) is 18.4 Å². The van der Waals surface area contributed by atoms with Gasteiger partial charge in [-0.15, -0.1) is 0 Å². The summed E-state index contributed by atoms with van der Waals surface area (Å²) in [6.07, 6.45) is 0. The van der Waals surface area contributed by atoms with Gasteiger partial charge in [0.1, 0.15) is 6.61 Å². The number of amides is 2. The molecule has 1 heterocycles. The smallest absolute Gasteiger partial charge is 0.253 e. The Balaban J connectivity index is 2.01. The fourth-order valence-electron chi connectivity index (χ4n) is 2.76. The van der Waals surface area contributed by atoms with Crippen molar-refractivity contribution in [2.75, 3.05) is 77.4 Å². The largest absolute Gasteiger partial charge is 0.379 e. The molecule has 2 rings (SSSR count). The number of anilines is 2. The molecule has 2 amide bonds. The van der Waals surface area contributed by atoms with E-state index in [9.17, 15) is 9.59 Å². The van der Waals surface area contributed by atoms with Gasteiger partial charge in [-0.2, -0.15) is 0 Å². The molecule has 0 saturated carbocycles. The Bertz CT molecular complexity index is 615. The first kappa shape index (κ1) is 20.2. The van der Waals surface area contributed by atoms with Crippen LogP contribution in [0.15, 0.2) is 18.2 Å². The van der Waals surface area contributed by atoms with Gasteiger partial charge in [-0.1, -0.05) is 0 Å². The quantitative estimate of drug-likeness (QED) is 0.695. The molecular formula is C18H28N4O4. The van der Waals surface area contributed by atoms with Gasteiger partial charge in [-0.05, 0) is 18.2 Å². The molecule has 26 heavy (non-hydrogen) atoms. The minimum absolute atomic E-state index is 0.0312. The number of ether oxygens (including phenoxy) is 2. The average molecular weight is 364 g/mol. The maximum atomic E-state index is 12.7. The van der Waals surface area contributed by atoms with E-state index < -0.39 is 0 Å². The molecule has 1 aromatic carbocycles.